The average molecular weight is 290 g/mol. The maximum absolute atomic E-state index is 12.0. The van der Waals surface area contributed by atoms with Crippen molar-refractivity contribution < 1.29 is 4.79 Å². The first-order valence-electron chi connectivity index (χ1n) is 6.19. The zero-order valence-corrected chi connectivity index (χ0v) is 12.0. The summed E-state index contributed by atoms with van der Waals surface area (Å²) in [5.41, 5.74) is 1.04. The van der Waals surface area contributed by atoms with E-state index in [1.54, 1.807) is 29.3 Å². The Bertz CT molecular complexity index is 542. The maximum atomic E-state index is 12.0. The van der Waals surface area contributed by atoms with Crippen LogP contribution in [0.25, 0.3) is 0 Å². The third kappa shape index (κ3) is 2.82. The van der Waals surface area contributed by atoms with Gasteiger partial charge in [0.2, 0.25) is 5.91 Å². The van der Waals surface area contributed by atoms with Crippen LogP contribution in [0.5, 0.6) is 0 Å². The SMILES string of the molecule is O=C1CSC(c2cccs2)N1CCc1ccccn1. The highest BCUT2D eigenvalue weighted by atomic mass is 32.2. The summed E-state index contributed by atoms with van der Waals surface area (Å²) in [6.07, 6.45) is 2.61. The average Bonchev–Trinajstić information content (AvgIpc) is 3.07. The number of rotatable bonds is 4. The number of carbonyl (C=O) groups excluding carboxylic acids is 1. The molecule has 3 heterocycles. The molecule has 0 saturated carbocycles. The molecule has 1 saturated heterocycles. The molecule has 98 valence electrons. The van der Waals surface area contributed by atoms with Gasteiger partial charge in [-0.15, -0.1) is 23.1 Å². The van der Waals surface area contributed by atoms with Gasteiger partial charge in [-0.05, 0) is 23.6 Å². The van der Waals surface area contributed by atoms with Crippen LogP contribution in [-0.4, -0.2) is 28.1 Å². The van der Waals surface area contributed by atoms with Crippen LogP contribution in [0.4, 0.5) is 0 Å². The summed E-state index contributed by atoms with van der Waals surface area (Å²) in [5.74, 6) is 0.824. The fourth-order valence-corrected chi connectivity index (χ4v) is 4.34. The standard InChI is InChI=1S/C14H14N2OS2/c17-13-10-19-14(12-5-3-9-18-12)16(13)8-6-11-4-1-2-7-15-11/h1-5,7,9,14H,6,8,10H2. The third-order valence-electron chi connectivity index (χ3n) is 3.09. The van der Waals surface area contributed by atoms with E-state index in [-0.39, 0.29) is 11.3 Å². The number of amides is 1. The maximum Gasteiger partial charge on any atom is 0.233 e. The quantitative estimate of drug-likeness (QED) is 0.868. The molecule has 1 amide bonds. The van der Waals surface area contributed by atoms with Crippen molar-refractivity contribution in [3.05, 3.63) is 52.5 Å². The highest BCUT2D eigenvalue weighted by Gasteiger charge is 2.32. The van der Waals surface area contributed by atoms with E-state index in [0.717, 1.165) is 18.7 Å². The van der Waals surface area contributed by atoms with E-state index in [1.807, 2.05) is 29.2 Å². The van der Waals surface area contributed by atoms with Gasteiger partial charge in [0, 0.05) is 29.7 Å². The van der Waals surface area contributed by atoms with Gasteiger partial charge in [-0.1, -0.05) is 12.1 Å². The van der Waals surface area contributed by atoms with E-state index in [2.05, 4.69) is 16.4 Å². The van der Waals surface area contributed by atoms with Crippen molar-refractivity contribution in [2.24, 2.45) is 0 Å². The van der Waals surface area contributed by atoms with Gasteiger partial charge in [-0.3, -0.25) is 9.78 Å². The first-order valence-corrected chi connectivity index (χ1v) is 8.12. The summed E-state index contributed by atoms with van der Waals surface area (Å²) >= 11 is 3.44. The van der Waals surface area contributed by atoms with E-state index >= 15 is 0 Å². The fraction of sp³-hybridized carbons (Fsp3) is 0.286. The van der Waals surface area contributed by atoms with Crippen LogP contribution in [0.1, 0.15) is 15.9 Å². The van der Waals surface area contributed by atoms with Crippen LogP contribution in [-0.2, 0) is 11.2 Å². The summed E-state index contributed by atoms with van der Waals surface area (Å²) in [7, 11) is 0. The number of aromatic nitrogens is 1. The summed E-state index contributed by atoms with van der Waals surface area (Å²) < 4.78 is 0. The molecule has 5 heteroatoms. The first-order chi connectivity index (χ1) is 9.34. The Labute approximate surface area is 120 Å². The van der Waals surface area contributed by atoms with E-state index in [1.165, 1.54) is 4.88 Å². The predicted molar refractivity (Wildman–Crippen MR) is 79.2 cm³/mol. The van der Waals surface area contributed by atoms with E-state index in [9.17, 15) is 4.79 Å². The van der Waals surface area contributed by atoms with Crippen LogP contribution in [0.15, 0.2) is 41.9 Å². The second-order valence-corrected chi connectivity index (χ2v) is 6.38. The van der Waals surface area contributed by atoms with Gasteiger partial charge >= 0.3 is 0 Å². The van der Waals surface area contributed by atoms with Crippen molar-refractivity contribution in [2.45, 2.75) is 11.8 Å². The van der Waals surface area contributed by atoms with Gasteiger partial charge in [0.25, 0.3) is 0 Å². The van der Waals surface area contributed by atoms with Crippen LogP contribution in [0, 0.1) is 0 Å². The molecule has 19 heavy (non-hydrogen) atoms. The molecule has 1 fully saturated rings. The molecule has 0 bridgehead atoms. The summed E-state index contributed by atoms with van der Waals surface area (Å²) in [5, 5.41) is 2.26. The molecule has 2 aromatic rings. The smallest absolute Gasteiger partial charge is 0.233 e. The van der Waals surface area contributed by atoms with E-state index in [4.69, 9.17) is 0 Å². The Hall–Kier alpha value is -1.33. The number of pyridine rings is 1. The fourth-order valence-electron chi connectivity index (χ4n) is 2.14. The van der Waals surface area contributed by atoms with E-state index in [0.29, 0.717) is 5.75 Å². The molecule has 1 aliphatic rings. The minimum Gasteiger partial charge on any atom is -0.325 e. The second-order valence-electron chi connectivity index (χ2n) is 4.34. The van der Waals surface area contributed by atoms with Gasteiger partial charge in [0.1, 0.15) is 5.37 Å². The molecule has 1 unspecified atom stereocenters. The molecule has 2 aromatic heterocycles. The lowest BCUT2D eigenvalue weighted by Crippen LogP contribution is -2.30. The minimum absolute atomic E-state index is 0.191. The van der Waals surface area contributed by atoms with Crippen LogP contribution in [0.2, 0.25) is 0 Å². The van der Waals surface area contributed by atoms with Gasteiger partial charge in [0.05, 0.1) is 5.75 Å². The molecule has 1 aliphatic heterocycles. The van der Waals surface area contributed by atoms with Gasteiger partial charge < -0.3 is 4.90 Å². The molecular formula is C14H14N2OS2. The van der Waals surface area contributed by atoms with Gasteiger partial charge in [-0.2, -0.15) is 0 Å². The molecule has 1 atom stereocenters. The highest BCUT2D eigenvalue weighted by molar-refractivity contribution is 8.00. The number of carbonyl (C=O) groups is 1. The first kappa shape index (κ1) is 12.7. The largest absolute Gasteiger partial charge is 0.325 e. The zero-order valence-electron chi connectivity index (χ0n) is 10.4. The topological polar surface area (TPSA) is 33.2 Å². The Morgan fingerprint density at radius 2 is 2.26 bits per heavy atom. The molecule has 0 aliphatic carbocycles. The Morgan fingerprint density at radius 1 is 1.32 bits per heavy atom. The van der Waals surface area contributed by atoms with Gasteiger partial charge in [0.15, 0.2) is 0 Å². The van der Waals surface area contributed by atoms with Crippen LogP contribution < -0.4 is 0 Å². The second kappa shape index (κ2) is 5.75. The van der Waals surface area contributed by atoms with Crippen molar-refractivity contribution in [1.29, 1.82) is 0 Å². The number of nitrogens with zero attached hydrogens (tertiary/aromatic N) is 2. The molecule has 0 N–H and O–H groups in total. The Morgan fingerprint density at radius 3 is 3.00 bits per heavy atom. The third-order valence-corrected chi connectivity index (χ3v) is 5.40. The summed E-state index contributed by atoms with van der Waals surface area (Å²) in [6.45, 7) is 0.741. The monoisotopic (exact) mass is 290 g/mol. The van der Waals surface area contributed by atoms with Crippen molar-refractivity contribution in [3.8, 4) is 0 Å². The van der Waals surface area contributed by atoms with Crippen molar-refractivity contribution in [1.82, 2.24) is 9.88 Å². The summed E-state index contributed by atoms with van der Waals surface area (Å²) in [6, 6.07) is 10.1. The minimum atomic E-state index is 0.191. The lowest BCUT2D eigenvalue weighted by Gasteiger charge is -2.22. The zero-order chi connectivity index (χ0) is 13.1. The number of hydrogen-bond donors (Lipinski definition) is 0. The highest BCUT2D eigenvalue weighted by Crippen LogP contribution is 2.40. The number of hydrogen-bond acceptors (Lipinski definition) is 4. The lowest BCUT2D eigenvalue weighted by molar-refractivity contribution is -0.127. The molecule has 3 nitrogen and oxygen atoms in total. The Kier molecular flexibility index (Phi) is 3.84. The predicted octanol–water partition coefficient (Wildman–Crippen LogP) is 2.96. The number of thiophene rings is 1. The normalized spacial score (nSPS) is 19.1. The van der Waals surface area contributed by atoms with Crippen molar-refractivity contribution in [3.63, 3.8) is 0 Å². The lowest BCUT2D eigenvalue weighted by atomic mass is 10.2. The van der Waals surface area contributed by atoms with Crippen LogP contribution >= 0.6 is 23.1 Å². The van der Waals surface area contributed by atoms with Crippen molar-refractivity contribution in [2.75, 3.05) is 12.3 Å². The summed E-state index contributed by atoms with van der Waals surface area (Å²) in [4.78, 5) is 19.5. The van der Waals surface area contributed by atoms with Crippen molar-refractivity contribution >= 4 is 29.0 Å². The number of thioether (sulfide) groups is 1. The molecule has 0 spiro atoms. The molecular weight excluding hydrogens is 276 g/mol. The van der Waals surface area contributed by atoms with Crippen LogP contribution in [0.3, 0.4) is 0 Å². The van der Waals surface area contributed by atoms with Gasteiger partial charge in [-0.25, -0.2) is 0 Å². The molecule has 0 radical (unpaired) electrons. The van der Waals surface area contributed by atoms with E-state index < -0.39 is 0 Å². The molecule has 3 rings (SSSR count). The molecule has 0 aromatic carbocycles. The Balaban J connectivity index is 1.69.